The highest BCUT2D eigenvalue weighted by Gasteiger charge is 2.29. The molecule has 70 valence electrons. The number of likely N-dealkylation sites (tertiary alicyclic amines) is 1. The average molecular weight is 193 g/mol. The summed E-state index contributed by atoms with van der Waals surface area (Å²) >= 11 is 1.88. The molecule has 13 heavy (non-hydrogen) atoms. The Morgan fingerprint density at radius 2 is 2.23 bits per heavy atom. The molecule has 0 bridgehead atoms. The lowest BCUT2D eigenvalue weighted by Gasteiger charge is -2.25. The van der Waals surface area contributed by atoms with E-state index in [-0.39, 0.29) is 4.75 Å². The molecule has 2 rings (SSSR count). The highest BCUT2D eigenvalue weighted by molar-refractivity contribution is 8.03. The van der Waals surface area contributed by atoms with Crippen LogP contribution in [0.15, 0.2) is 35.0 Å². The van der Waals surface area contributed by atoms with E-state index in [4.69, 9.17) is 0 Å². The van der Waals surface area contributed by atoms with Crippen molar-refractivity contribution in [3.8, 4) is 0 Å². The molecule has 1 nitrogen and oxygen atoms in total. The van der Waals surface area contributed by atoms with Gasteiger partial charge in [-0.1, -0.05) is 12.7 Å². The third-order valence-corrected chi connectivity index (χ3v) is 3.62. The second-order valence-corrected chi connectivity index (χ2v) is 5.72. The molecule has 0 N–H and O–H groups in total. The molecule has 0 aliphatic carbocycles. The van der Waals surface area contributed by atoms with Gasteiger partial charge in [-0.25, -0.2) is 0 Å². The monoisotopic (exact) mass is 193 g/mol. The van der Waals surface area contributed by atoms with E-state index >= 15 is 0 Å². The van der Waals surface area contributed by atoms with Gasteiger partial charge in [0.2, 0.25) is 0 Å². The predicted octanol–water partition coefficient (Wildman–Crippen LogP) is 3.13. The number of thioether (sulfide) groups is 1. The van der Waals surface area contributed by atoms with Gasteiger partial charge in [-0.2, -0.15) is 0 Å². The Kier molecular flexibility index (Phi) is 1.84. The Morgan fingerprint density at radius 1 is 1.54 bits per heavy atom. The zero-order chi connectivity index (χ0) is 9.64. The fraction of sp³-hybridized carbons (Fsp3) is 0.455. The lowest BCUT2D eigenvalue weighted by molar-refractivity contribution is 0.567. The second kappa shape index (κ2) is 2.68. The van der Waals surface area contributed by atoms with E-state index in [0.29, 0.717) is 0 Å². The Morgan fingerprint density at radius 3 is 2.92 bits per heavy atom. The first-order chi connectivity index (χ1) is 5.99. The number of nitrogens with zero attached hydrogens (tertiary/aromatic N) is 1. The van der Waals surface area contributed by atoms with E-state index in [1.54, 1.807) is 0 Å². The van der Waals surface area contributed by atoms with Crippen molar-refractivity contribution in [3.63, 3.8) is 0 Å². The van der Waals surface area contributed by atoms with Crippen LogP contribution in [0.3, 0.4) is 0 Å². The highest BCUT2D eigenvalue weighted by atomic mass is 32.2. The fourth-order valence-corrected chi connectivity index (χ4v) is 2.69. The van der Waals surface area contributed by atoms with Gasteiger partial charge in [0.15, 0.2) is 0 Å². The molecule has 0 aromatic heterocycles. The summed E-state index contributed by atoms with van der Waals surface area (Å²) in [6, 6.07) is 0. The van der Waals surface area contributed by atoms with Crippen molar-refractivity contribution in [3.05, 3.63) is 35.0 Å². The normalized spacial score (nSPS) is 25.5. The maximum absolute atomic E-state index is 4.04. The van der Waals surface area contributed by atoms with E-state index in [1.165, 1.54) is 17.0 Å². The zero-order valence-corrected chi connectivity index (χ0v) is 9.24. The van der Waals surface area contributed by atoms with Crippen LogP contribution in [0.25, 0.3) is 0 Å². The molecular formula is C11H15NS. The first kappa shape index (κ1) is 8.95. The smallest absolute Gasteiger partial charge is 0.0503 e. The molecule has 2 aliphatic rings. The van der Waals surface area contributed by atoms with Gasteiger partial charge >= 0.3 is 0 Å². The molecule has 0 aromatic rings. The van der Waals surface area contributed by atoms with Gasteiger partial charge in [0, 0.05) is 23.9 Å². The Hall–Kier alpha value is -0.630. The maximum atomic E-state index is 4.04. The minimum Gasteiger partial charge on any atom is -0.348 e. The third kappa shape index (κ3) is 1.44. The molecule has 2 heteroatoms. The van der Waals surface area contributed by atoms with Crippen LogP contribution in [-0.4, -0.2) is 16.7 Å². The van der Waals surface area contributed by atoms with Crippen LogP contribution in [0, 0.1) is 0 Å². The maximum Gasteiger partial charge on any atom is 0.0503 e. The summed E-state index contributed by atoms with van der Waals surface area (Å²) in [5.41, 5.74) is 3.99. The largest absolute Gasteiger partial charge is 0.348 e. The van der Waals surface area contributed by atoms with E-state index in [0.717, 1.165) is 6.42 Å². The van der Waals surface area contributed by atoms with E-state index in [9.17, 15) is 0 Å². The Labute approximate surface area is 84.2 Å². The summed E-state index contributed by atoms with van der Waals surface area (Å²) in [5, 5.41) is 2.26. The lowest BCUT2D eigenvalue weighted by atomic mass is 10.1. The first-order valence-corrected chi connectivity index (χ1v) is 5.39. The standard InChI is InChI=1S/C11H15NS/c1-8-5-9-6-11(2,3)13-7-10(9)12(8)4/h6-7H,1,5H2,2-4H3. The molecule has 0 saturated carbocycles. The molecule has 0 amide bonds. The van der Waals surface area contributed by atoms with Crippen molar-refractivity contribution in [2.45, 2.75) is 25.0 Å². The summed E-state index contributed by atoms with van der Waals surface area (Å²) in [7, 11) is 2.09. The molecule has 0 atom stereocenters. The van der Waals surface area contributed by atoms with Crippen molar-refractivity contribution in [1.29, 1.82) is 0 Å². The fourth-order valence-electron chi connectivity index (χ4n) is 1.76. The van der Waals surface area contributed by atoms with Gasteiger partial charge in [0.05, 0.1) is 5.70 Å². The van der Waals surface area contributed by atoms with Crippen molar-refractivity contribution in [2.75, 3.05) is 7.05 Å². The minimum atomic E-state index is 0.254. The summed E-state index contributed by atoms with van der Waals surface area (Å²) in [4.78, 5) is 2.19. The number of fused-ring (bicyclic) bond motifs is 1. The van der Waals surface area contributed by atoms with Gasteiger partial charge in [0.1, 0.15) is 0 Å². The Bertz CT molecular complexity index is 323. The minimum absolute atomic E-state index is 0.254. The SMILES string of the molecule is C=C1CC2=CC(C)(C)SC=C2N1C. The number of rotatable bonds is 0. The van der Waals surface area contributed by atoms with Gasteiger partial charge < -0.3 is 4.90 Å². The predicted molar refractivity (Wildman–Crippen MR) is 59.4 cm³/mol. The van der Waals surface area contributed by atoms with Crippen LogP contribution < -0.4 is 0 Å². The van der Waals surface area contributed by atoms with E-state index in [1.807, 2.05) is 11.8 Å². The second-order valence-electron chi connectivity index (χ2n) is 4.20. The number of hydrogen-bond acceptors (Lipinski definition) is 2. The summed E-state index contributed by atoms with van der Waals surface area (Å²) in [6.07, 6.45) is 3.38. The topological polar surface area (TPSA) is 3.24 Å². The molecule has 1 saturated heterocycles. The van der Waals surface area contributed by atoms with Crippen LogP contribution in [0.4, 0.5) is 0 Å². The summed E-state index contributed by atoms with van der Waals surface area (Å²) in [6.45, 7) is 8.54. The van der Waals surface area contributed by atoms with Crippen molar-refractivity contribution in [1.82, 2.24) is 4.90 Å². The molecule has 2 heterocycles. The van der Waals surface area contributed by atoms with Crippen molar-refractivity contribution in [2.24, 2.45) is 0 Å². The van der Waals surface area contributed by atoms with Crippen LogP contribution in [0.1, 0.15) is 20.3 Å². The van der Waals surface area contributed by atoms with Gasteiger partial charge in [-0.15, -0.1) is 11.8 Å². The van der Waals surface area contributed by atoms with Crippen LogP contribution in [0.5, 0.6) is 0 Å². The molecule has 0 radical (unpaired) electrons. The van der Waals surface area contributed by atoms with E-state index < -0.39 is 0 Å². The molecule has 1 fully saturated rings. The Balaban J connectivity index is 2.38. The molecule has 0 aromatic carbocycles. The highest BCUT2D eigenvalue weighted by Crippen LogP contribution is 2.43. The molecular weight excluding hydrogens is 178 g/mol. The average Bonchev–Trinajstić information content (AvgIpc) is 2.25. The van der Waals surface area contributed by atoms with Crippen LogP contribution in [0.2, 0.25) is 0 Å². The van der Waals surface area contributed by atoms with Crippen molar-refractivity contribution >= 4 is 11.8 Å². The summed E-state index contributed by atoms with van der Waals surface area (Å²) in [5.74, 6) is 0. The first-order valence-electron chi connectivity index (χ1n) is 4.51. The zero-order valence-electron chi connectivity index (χ0n) is 8.42. The lowest BCUT2D eigenvalue weighted by Crippen LogP contribution is -2.16. The quantitative estimate of drug-likeness (QED) is 0.581. The number of hydrogen-bond donors (Lipinski definition) is 0. The van der Waals surface area contributed by atoms with Crippen LogP contribution >= 0.6 is 11.8 Å². The molecule has 0 unspecified atom stereocenters. The number of allylic oxidation sites excluding steroid dienone is 2. The van der Waals surface area contributed by atoms with Gasteiger partial charge in [0.25, 0.3) is 0 Å². The van der Waals surface area contributed by atoms with E-state index in [2.05, 4.69) is 43.9 Å². The van der Waals surface area contributed by atoms with Gasteiger partial charge in [-0.3, -0.25) is 0 Å². The third-order valence-electron chi connectivity index (χ3n) is 2.56. The molecule has 0 spiro atoms. The van der Waals surface area contributed by atoms with Gasteiger partial charge in [-0.05, 0) is 24.8 Å². The number of likely N-dealkylation sites (N-methyl/N-ethyl adjacent to an activating group) is 1. The van der Waals surface area contributed by atoms with Crippen LogP contribution in [-0.2, 0) is 0 Å². The summed E-state index contributed by atoms with van der Waals surface area (Å²) < 4.78 is 0.254. The molecule has 2 aliphatic heterocycles. The van der Waals surface area contributed by atoms with Crippen molar-refractivity contribution < 1.29 is 0 Å².